The van der Waals surface area contributed by atoms with Gasteiger partial charge in [0.05, 0.1) is 0 Å². The Balaban J connectivity index is 1.56. The minimum absolute atomic E-state index is 0.256. The van der Waals surface area contributed by atoms with E-state index < -0.39 is 0 Å². The van der Waals surface area contributed by atoms with Crippen molar-refractivity contribution in [3.05, 3.63) is 34.9 Å². The molecule has 0 aromatic rings. The van der Waals surface area contributed by atoms with Gasteiger partial charge in [0.15, 0.2) is 5.78 Å². The summed E-state index contributed by atoms with van der Waals surface area (Å²) in [6.07, 6.45) is 18.0. The van der Waals surface area contributed by atoms with Crippen LogP contribution in [0.5, 0.6) is 0 Å². The zero-order valence-electron chi connectivity index (χ0n) is 18.8. The van der Waals surface area contributed by atoms with Crippen LogP contribution in [-0.2, 0) is 4.79 Å². The van der Waals surface area contributed by atoms with Crippen LogP contribution in [0.15, 0.2) is 34.9 Å². The molecule has 4 rings (SSSR count). The van der Waals surface area contributed by atoms with Gasteiger partial charge in [0.1, 0.15) is 0 Å². The molecule has 2 saturated carbocycles. The fourth-order valence-corrected chi connectivity index (χ4v) is 7.67. The van der Waals surface area contributed by atoms with Crippen LogP contribution in [0.25, 0.3) is 0 Å². The van der Waals surface area contributed by atoms with Crippen LogP contribution in [0.2, 0.25) is 0 Å². The number of rotatable bonds is 4. The number of carbonyl (C=O) groups is 1. The second-order valence-electron chi connectivity index (χ2n) is 11.1. The van der Waals surface area contributed by atoms with Crippen LogP contribution in [0, 0.1) is 34.5 Å². The van der Waals surface area contributed by atoms with E-state index in [4.69, 9.17) is 0 Å². The molecule has 0 spiro atoms. The molecule has 0 N–H and O–H groups in total. The van der Waals surface area contributed by atoms with Crippen LogP contribution in [0.1, 0.15) is 92.4 Å². The molecular weight excluding hydrogens is 340 g/mol. The summed E-state index contributed by atoms with van der Waals surface area (Å²) in [4.78, 5) is 12.0. The van der Waals surface area contributed by atoms with E-state index in [9.17, 15) is 4.79 Å². The van der Waals surface area contributed by atoms with Crippen LogP contribution in [0.3, 0.4) is 0 Å². The van der Waals surface area contributed by atoms with Gasteiger partial charge in [0.2, 0.25) is 0 Å². The highest BCUT2D eigenvalue weighted by Gasteiger charge is 2.56. The van der Waals surface area contributed by atoms with E-state index in [1.54, 1.807) is 5.57 Å². The largest absolute Gasteiger partial charge is 0.295 e. The van der Waals surface area contributed by atoms with E-state index in [-0.39, 0.29) is 5.41 Å². The molecule has 0 heterocycles. The van der Waals surface area contributed by atoms with Gasteiger partial charge in [-0.3, -0.25) is 4.79 Å². The van der Waals surface area contributed by atoms with Crippen LogP contribution >= 0.6 is 0 Å². The first-order valence-electron chi connectivity index (χ1n) is 11.8. The average Bonchev–Trinajstić information content (AvgIpc) is 2.99. The lowest BCUT2D eigenvalue weighted by molar-refractivity contribution is -0.116. The molecule has 0 aromatic heterocycles. The maximum Gasteiger partial charge on any atom is 0.155 e. The quantitative estimate of drug-likeness (QED) is 0.463. The van der Waals surface area contributed by atoms with Crippen LogP contribution in [-0.4, -0.2) is 5.78 Å². The lowest BCUT2D eigenvalue weighted by atomic mass is 9.50. The minimum atomic E-state index is 0.256. The summed E-state index contributed by atoms with van der Waals surface area (Å²) in [5, 5.41) is 0. The molecular formula is C27H40O. The Morgan fingerprint density at radius 1 is 1.18 bits per heavy atom. The molecule has 28 heavy (non-hydrogen) atoms. The number of hydrogen-bond acceptors (Lipinski definition) is 1. The smallest absolute Gasteiger partial charge is 0.155 e. The van der Waals surface area contributed by atoms with Crippen molar-refractivity contribution in [1.82, 2.24) is 0 Å². The summed E-state index contributed by atoms with van der Waals surface area (Å²) in [7, 11) is 0. The van der Waals surface area contributed by atoms with E-state index in [0.717, 1.165) is 37.0 Å². The zero-order valence-corrected chi connectivity index (χ0v) is 18.8. The van der Waals surface area contributed by atoms with Gasteiger partial charge in [-0.1, -0.05) is 49.6 Å². The monoisotopic (exact) mass is 380 g/mol. The molecule has 4 aliphatic carbocycles. The first-order valence-corrected chi connectivity index (χ1v) is 11.8. The van der Waals surface area contributed by atoms with Gasteiger partial charge < -0.3 is 0 Å². The Bertz CT molecular complexity index is 733. The third kappa shape index (κ3) is 3.17. The molecule has 0 saturated heterocycles. The molecule has 154 valence electrons. The van der Waals surface area contributed by atoms with E-state index in [0.29, 0.717) is 17.1 Å². The summed E-state index contributed by atoms with van der Waals surface area (Å²) in [6.45, 7) is 12.1. The van der Waals surface area contributed by atoms with Crippen molar-refractivity contribution in [2.75, 3.05) is 0 Å². The Hall–Kier alpha value is -1.11. The van der Waals surface area contributed by atoms with Crippen molar-refractivity contribution in [2.45, 2.75) is 92.4 Å². The summed E-state index contributed by atoms with van der Waals surface area (Å²) in [5.74, 6) is 3.54. The Morgan fingerprint density at radius 3 is 2.71 bits per heavy atom. The highest BCUT2D eigenvalue weighted by atomic mass is 16.1. The number of allylic oxidation sites excluding steroid dienone is 6. The van der Waals surface area contributed by atoms with E-state index in [1.165, 1.54) is 49.7 Å². The van der Waals surface area contributed by atoms with Crippen molar-refractivity contribution in [3.63, 3.8) is 0 Å². The fraction of sp³-hybridized carbons (Fsp3) is 0.741. The van der Waals surface area contributed by atoms with Gasteiger partial charge in [-0.15, -0.1) is 0 Å². The molecule has 0 unspecified atom stereocenters. The van der Waals surface area contributed by atoms with Gasteiger partial charge in [-0.25, -0.2) is 0 Å². The van der Waals surface area contributed by atoms with Crippen molar-refractivity contribution < 1.29 is 4.79 Å². The van der Waals surface area contributed by atoms with Crippen molar-refractivity contribution in [3.8, 4) is 0 Å². The fourth-order valence-electron chi connectivity index (χ4n) is 7.67. The molecule has 0 radical (unpaired) electrons. The highest BCUT2D eigenvalue weighted by Crippen LogP contribution is 2.66. The molecule has 4 aliphatic rings. The predicted octanol–water partition coefficient (Wildman–Crippen LogP) is 7.44. The van der Waals surface area contributed by atoms with Gasteiger partial charge in [-0.05, 0) is 106 Å². The average molecular weight is 381 g/mol. The van der Waals surface area contributed by atoms with Gasteiger partial charge in [0, 0.05) is 6.42 Å². The van der Waals surface area contributed by atoms with Crippen molar-refractivity contribution in [1.29, 1.82) is 0 Å². The number of ketones is 1. The molecule has 0 amide bonds. The molecule has 0 aromatic carbocycles. The molecule has 2 fully saturated rings. The van der Waals surface area contributed by atoms with Crippen LogP contribution in [0.4, 0.5) is 0 Å². The number of fused-ring (bicyclic) bond motifs is 5. The molecule has 0 aliphatic heterocycles. The highest BCUT2D eigenvalue weighted by molar-refractivity contribution is 5.91. The summed E-state index contributed by atoms with van der Waals surface area (Å²) in [6, 6.07) is 0. The SMILES string of the molecule is CC(C)=CCC[C@@H](C)[C@H]1CC[C@H]2C3=CCC4=CC(=O)CC[C@]4(C)[C@H]3CC[C@]12C. The lowest BCUT2D eigenvalue weighted by Gasteiger charge is -2.55. The van der Waals surface area contributed by atoms with Gasteiger partial charge in [-0.2, -0.15) is 0 Å². The second-order valence-corrected chi connectivity index (χ2v) is 11.1. The minimum Gasteiger partial charge on any atom is -0.295 e. The molecule has 0 bridgehead atoms. The topological polar surface area (TPSA) is 17.1 Å². The molecule has 1 nitrogen and oxygen atoms in total. The lowest BCUT2D eigenvalue weighted by Crippen LogP contribution is -2.46. The van der Waals surface area contributed by atoms with E-state index in [2.05, 4.69) is 46.8 Å². The van der Waals surface area contributed by atoms with Crippen LogP contribution < -0.4 is 0 Å². The maximum absolute atomic E-state index is 12.0. The maximum atomic E-state index is 12.0. The Morgan fingerprint density at radius 2 is 1.96 bits per heavy atom. The van der Waals surface area contributed by atoms with Crippen molar-refractivity contribution in [2.24, 2.45) is 34.5 Å². The normalized spacial score (nSPS) is 40.6. The summed E-state index contributed by atoms with van der Waals surface area (Å²) >= 11 is 0. The number of hydrogen-bond donors (Lipinski definition) is 0. The third-order valence-electron chi connectivity index (χ3n) is 9.33. The van der Waals surface area contributed by atoms with Crippen molar-refractivity contribution >= 4 is 5.78 Å². The zero-order chi connectivity index (χ0) is 20.1. The van der Waals surface area contributed by atoms with Gasteiger partial charge in [0.25, 0.3) is 0 Å². The summed E-state index contributed by atoms with van der Waals surface area (Å²) < 4.78 is 0. The first kappa shape index (κ1) is 20.2. The Kier molecular flexibility index (Phi) is 5.26. The summed E-state index contributed by atoms with van der Waals surface area (Å²) in [5.41, 5.74) is 5.44. The Labute approximate surface area is 172 Å². The first-order chi connectivity index (χ1) is 13.3. The van der Waals surface area contributed by atoms with E-state index in [1.807, 2.05) is 6.08 Å². The third-order valence-corrected chi connectivity index (χ3v) is 9.33. The van der Waals surface area contributed by atoms with Gasteiger partial charge >= 0.3 is 0 Å². The van der Waals surface area contributed by atoms with E-state index >= 15 is 0 Å². The number of carbonyl (C=O) groups excluding carboxylic acids is 1. The molecule has 6 atom stereocenters. The predicted molar refractivity (Wildman–Crippen MR) is 118 cm³/mol. The standard InChI is InChI=1S/C27H40O/c1-18(2)7-6-8-19(3)23-11-12-24-22-10-9-20-17-21(28)13-15-26(20,4)25(22)14-16-27(23,24)5/h7,10,17,19,23-25H,6,8-9,11-16H2,1-5H3/t19-,23-,24+,25+,26+,27-/m1/s1. The molecule has 1 heteroatoms. The second kappa shape index (κ2) is 7.29.